The van der Waals surface area contributed by atoms with E-state index in [0.29, 0.717) is 10.9 Å². The number of alkyl halides is 3. The molecule has 13 heavy (non-hydrogen) atoms. The van der Waals surface area contributed by atoms with Gasteiger partial charge >= 0.3 is 12.1 Å². The standard InChI is InChI=1S/C6H5F3N2O2/c1-4(12)13-11-2-5(10-3-11)6(7,8)9/h2-3H,1H3. The number of hydrogen-bond acceptors (Lipinski definition) is 3. The van der Waals surface area contributed by atoms with E-state index < -0.39 is 17.8 Å². The Morgan fingerprint density at radius 3 is 2.62 bits per heavy atom. The summed E-state index contributed by atoms with van der Waals surface area (Å²) in [6.07, 6.45) is -3.17. The molecule has 0 aromatic carbocycles. The van der Waals surface area contributed by atoms with Crippen molar-refractivity contribution >= 4 is 5.97 Å². The number of hydrogen-bond donors (Lipinski definition) is 0. The highest BCUT2D eigenvalue weighted by Crippen LogP contribution is 2.26. The number of nitrogens with zero attached hydrogens (tertiary/aromatic N) is 2. The summed E-state index contributed by atoms with van der Waals surface area (Å²) in [6, 6.07) is 0. The van der Waals surface area contributed by atoms with Crippen LogP contribution < -0.4 is 4.84 Å². The first kappa shape index (κ1) is 9.56. The Labute approximate surface area is 70.9 Å². The second-order valence-corrected chi connectivity index (χ2v) is 2.20. The molecule has 72 valence electrons. The van der Waals surface area contributed by atoms with E-state index in [1.807, 2.05) is 0 Å². The van der Waals surface area contributed by atoms with Crippen LogP contribution in [0.25, 0.3) is 0 Å². The Bertz CT molecular complexity index is 318. The van der Waals surface area contributed by atoms with Gasteiger partial charge in [0.25, 0.3) is 0 Å². The monoisotopic (exact) mass is 194 g/mol. The topological polar surface area (TPSA) is 44.1 Å². The first-order valence-corrected chi connectivity index (χ1v) is 3.19. The predicted octanol–water partition coefficient (Wildman–Crippen LogP) is 0.877. The zero-order valence-electron chi connectivity index (χ0n) is 6.50. The summed E-state index contributed by atoms with van der Waals surface area (Å²) in [5.41, 5.74) is -1.10. The van der Waals surface area contributed by atoms with Gasteiger partial charge in [0.2, 0.25) is 0 Å². The van der Waals surface area contributed by atoms with Crippen molar-refractivity contribution in [3.8, 4) is 0 Å². The zero-order chi connectivity index (χ0) is 10.1. The van der Waals surface area contributed by atoms with Crippen molar-refractivity contribution in [2.75, 3.05) is 0 Å². The molecule has 1 rings (SSSR count). The van der Waals surface area contributed by atoms with Crippen molar-refractivity contribution in [3.05, 3.63) is 18.2 Å². The SMILES string of the molecule is CC(=O)On1cnc(C(F)(F)F)c1. The number of halogens is 3. The van der Waals surface area contributed by atoms with Crippen LogP contribution in [0.2, 0.25) is 0 Å². The highest BCUT2D eigenvalue weighted by atomic mass is 19.4. The maximum Gasteiger partial charge on any atom is 0.435 e. The number of rotatable bonds is 1. The third-order valence-corrected chi connectivity index (χ3v) is 1.08. The molecule has 0 aliphatic carbocycles. The van der Waals surface area contributed by atoms with Crippen LogP contribution in [0.15, 0.2) is 12.5 Å². The molecule has 0 amide bonds. The van der Waals surface area contributed by atoms with Crippen molar-refractivity contribution in [2.24, 2.45) is 0 Å². The van der Waals surface area contributed by atoms with Crippen LogP contribution in [0.1, 0.15) is 12.6 Å². The molecule has 0 spiro atoms. The van der Waals surface area contributed by atoms with Crippen LogP contribution in [-0.2, 0) is 11.0 Å². The van der Waals surface area contributed by atoms with Gasteiger partial charge in [-0.1, -0.05) is 0 Å². The molecule has 1 aromatic heterocycles. The maximum atomic E-state index is 11.9. The van der Waals surface area contributed by atoms with E-state index in [-0.39, 0.29) is 0 Å². The van der Waals surface area contributed by atoms with Gasteiger partial charge in [0.1, 0.15) is 6.33 Å². The van der Waals surface area contributed by atoms with E-state index in [4.69, 9.17) is 0 Å². The van der Waals surface area contributed by atoms with Gasteiger partial charge in [-0.05, 0) is 0 Å². The van der Waals surface area contributed by atoms with Crippen LogP contribution >= 0.6 is 0 Å². The van der Waals surface area contributed by atoms with Gasteiger partial charge in [0.05, 0.1) is 6.20 Å². The van der Waals surface area contributed by atoms with E-state index in [2.05, 4.69) is 9.82 Å². The fourth-order valence-corrected chi connectivity index (χ4v) is 0.651. The van der Waals surface area contributed by atoms with Gasteiger partial charge in [-0.15, -0.1) is 0 Å². The Morgan fingerprint density at radius 2 is 2.23 bits per heavy atom. The smallest absolute Gasteiger partial charge is 0.336 e. The van der Waals surface area contributed by atoms with Crippen molar-refractivity contribution in [2.45, 2.75) is 13.1 Å². The van der Waals surface area contributed by atoms with Gasteiger partial charge in [-0.2, -0.15) is 17.9 Å². The summed E-state index contributed by atoms with van der Waals surface area (Å²) in [5.74, 6) is -0.717. The summed E-state index contributed by atoms with van der Waals surface area (Å²) in [4.78, 5) is 17.6. The summed E-state index contributed by atoms with van der Waals surface area (Å²) in [6.45, 7) is 1.08. The van der Waals surface area contributed by atoms with Crippen LogP contribution in [0.4, 0.5) is 13.2 Å². The third kappa shape index (κ3) is 2.46. The molecule has 0 bridgehead atoms. The molecular formula is C6H5F3N2O2. The van der Waals surface area contributed by atoms with Gasteiger partial charge in [0.15, 0.2) is 5.69 Å². The minimum atomic E-state index is -4.52. The van der Waals surface area contributed by atoms with Crippen molar-refractivity contribution in [3.63, 3.8) is 0 Å². The Balaban J connectivity index is 2.81. The van der Waals surface area contributed by atoms with Gasteiger partial charge in [0, 0.05) is 6.92 Å². The van der Waals surface area contributed by atoms with Gasteiger partial charge in [-0.25, -0.2) is 9.78 Å². The lowest BCUT2D eigenvalue weighted by Gasteiger charge is -2.00. The van der Waals surface area contributed by atoms with Crippen LogP contribution in [-0.4, -0.2) is 15.7 Å². The summed E-state index contributed by atoms with van der Waals surface area (Å²) >= 11 is 0. The van der Waals surface area contributed by atoms with E-state index in [0.717, 1.165) is 13.3 Å². The fraction of sp³-hybridized carbons (Fsp3) is 0.333. The predicted molar refractivity (Wildman–Crippen MR) is 34.5 cm³/mol. The molecule has 0 saturated carbocycles. The average Bonchev–Trinajstić information content (AvgIpc) is 2.32. The fourth-order valence-electron chi connectivity index (χ4n) is 0.651. The summed E-state index contributed by atoms with van der Waals surface area (Å²) in [5, 5.41) is 0. The van der Waals surface area contributed by atoms with E-state index >= 15 is 0 Å². The number of carbonyl (C=O) groups excluding carboxylic acids is 1. The Kier molecular flexibility index (Phi) is 2.26. The molecule has 4 nitrogen and oxygen atoms in total. The first-order valence-electron chi connectivity index (χ1n) is 3.19. The normalized spacial score (nSPS) is 11.4. The molecule has 0 N–H and O–H groups in total. The lowest BCUT2D eigenvalue weighted by molar-refractivity contribution is -0.144. The number of imidazole rings is 1. The molecule has 1 aromatic rings. The highest BCUT2D eigenvalue weighted by Gasteiger charge is 2.33. The molecule has 0 fully saturated rings. The van der Waals surface area contributed by atoms with E-state index in [1.165, 1.54) is 0 Å². The van der Waals surface area contributed by atoms with E-state index in [1.54, 1.807) is 0 Å². The second kappa shape index (κ2) is 3.08. The largest absolute Gasteiger partial charge is 0.435 e. The second-order valence-electron chi connectivity index (χ2n) is 2.20. The molecule has 0 saturated heterocycles. The molecule has 7 heteroatoms. The minimum Gasteiger partial charge on any atom is -0.336 e. The lowest BCUT2D eigenvalue weighted by atomic mass is 10.5. The van der Waals surface area contributed by atoms with Gasteiger partial charge < -0.3 is 4.84 Å². The van der Waals surface area contributed by atoms with Crippen molar-refractivity contribution in [1.82, 2.24) is 9.71 Å². The molecular weight excluding hydrogens is 189 g/mol. The van der Waals surface area contributed by atoms with Crippen molar-refractivity contribution in [1.29, 1.82) is 0 Å². The molecule has 0 radical (unpaired) electrons. The number of carbonyl (C=O) groups is 1. The van der Waals surface area contributed by atoms with E-state index in [9.17, 15) is 18.0 Å². The minimum absolute atomic E-state index is 0.585. The van der Waals surface area contributed by atoms with Crippen molar-refractivity contribution < 1.29 is 22.8 Å². The summed E-state index contributed by atoms with van der Waals surface area (Å²) in [7, 11) is 0. The number of aromatic nitrogens is 2. The lowest BCUT2D eigenvalue weighted by Crippen LogP contribution is -2.14. The maximum absolute atomic E-state index is 11.9. The molecule has 1 heterocycles. The Hall–Kier alpha value is -1.53. The molecule has 0 unspecified atom stereocenters. The quantitative estimate of drug-likeness (QED) is 0.666. The zero-order valence-corrected chi connectivity index (χ0v) is 6.50. The van der Waals surface area contributed by atoms with Crippen LogP contribution in [0, 0.1) is 0 Å². The molecule has 0 aliphatic rings. The third-order valence-electron chi connectivity index (χ3n) is 1.08. The summed E-state index contributed by atoms with van der Waals surface area (Å²) < 4.78 is 36.4. The highest BCUT2D eigenvalue weighted by molar-refractivity contribution is 5.66. The molecule has 0 aliphatic heterocycles. The first-order chi connectivity index (χ1) is 5.89. The van der Waals surface area contributed by atoms with Crippen LogP contribution in [0.5, 0.6) is 0 Å². The molecule has 0 atom stereocenters. The van der Waals surface area contributed by atoms with Gasteiger partial charge in [-0.3, -0.25) is 0 Å². The van der Waals surface area contributed by atoms with Crippen LogP contribution in [0.3, 0.4) is 0 Å². The Morgan fingerprint density at radius 1 is 1.62 bits per heavy atom. The average molecular weight is 194 g/mol.